The van der Waals surface area contributed by atoms with Crippen LogP contribution in [0.25, 0.3) is 0 Å². The third-order valence-corrected chi connectivity index (χ3v) is 4.10. The normalized spacial score (nSPS) is 12.9. The van der Waals surface area contributed by atoms with Gasteiger partial charge in [-0.25, -0.2) is 8.42 Å². The molecule has 1 unspecified atom stereocenters. The lowest BCUT2D eigenvalue weighted by Gasteiger charge is -2.19. The highest BCUT2D eigenvalue weighted by Crippen LogP contribution is 2.30. The molecule has 106 valence electrons. The summed E-state index contributed by atoms with van der Waals surface area (Å²) < 4.78 is 28.8. The van der Waals surface area contributed by atoms with Crippen molar-refractivity contribution < 1.29 is 17.9 Å². The zero-order chi connectivity index (χ0) is 14.8. The fraction of sp³-hybridized carbons (Fsp3) is 0.364. The molecule has 0 N–H and O–H groups in total. The number of hydrogen-bond acceptors (Lipinski definition) is 4. The van der Waals surface area contributed by atoms with Gasteiger partial charge in [-0.15, -0.1) is 0 Å². The molecule has 1 atom stereocenters. The zero-order valence-electron chi connectivity index (χ0n) is 10.6. The Morgan fingerprint density at radius 3 is 2.47 bits per heavy atom. The number of carbonyl (C=O) groups is 1. The topological polar surface area (TPSA) is 63.7 Å². The summed E-state index contributed by atoms with van der Waals surface area (Å²) in [5.41, 5.74) is 0. The van der Waals surface area contributed by atoms with Crippen LogP contribution in [0.4, 0.5) is 0 Å². The van der Waals surface area contributed by atoms with E-state index in [1.807, 2.05) is 0 Å². The van der Waals surface area contributed by atoms with Gasteiger partial charge in [-0.2, -0.15) is 0 Å². The van der Waals surface area contributed by atoms with Crippen LogP contribution in [0.5, 0.6) is 5.75 Å². The lowest BCUT2D eigenvalue weighted by atomic mass is 10.3. The van der Waals surface area contributed by atoms with Crippen LogP contribution in [-0.4, -0.2) is 39.4 Å². The van der Waals surface area contributed by atoms with Gasteiger partial charge in [0, 0.05) is 29.3 Å². The van der Waals surface area contributed by atoms with Crippen LogP contribution < -0.4 is 4.74 Å². The molecule has 0 spiro atoms. The van der Waals surface area contributed by atoms with E-state index in [1.54, 1.807) is 20.2 Å². The minimum Gasteiger partial charge on any atom is -0.479 e. The molecule has 0 aliphatic carbocycles. The van der Waals surface area contributed by atoms with Crippen molar-refractivity contribution in [2.45, 2.75) is 17.9 Å². The molecule has 0 aliphatic rings. The predicted molar refractivity (Wildman–Crippen MR) is 76.0 cm³/mol. The summed E-state index contributed by atoms with van der Waals surface area (Å²) in [5.74, 6) is -0.235. The van der Waals surface area contributed by atoms with Crippen molar-refractivity contribution in [1.82, 2.24) is 4.90 Å². The maximum atomic E-state index is 11.7. The highest BCUT2D eigenvalue weighted by molar-refractivity contribution is 9.10. The Hall–Kier alpha value is -0.790. The maximum absolute atomic E-state index is 11.7. The standard InChI is InChI=1S/C11H13BrClNO4S/c1-7(11(15)14(2)3)18-9-5-4-8(12)6-10(9)19(13,16)17/h4-7H,1-3H3. The number of carbonyl (C=O) groups excluding carboxylic acids is 1. The van der Waals surface area contributed by atoms with Crippen molar-refractivity contribution in [3.63, 3.8) is 0 Å². The number of nitrogens with zero attached hydrogens (tertiary/aromatic N) is 1. The molecule has 8 heteroatoms. The quantitative estimate of drug-likeness (QED) is 0.763. The second-order valence-corrected chi connectivity index (χ2v) is 7.47. The fourth-order valence-corrected chi connectivity index (χ4v) is 2.87. The largest absolute Gasteiger partial charge is 0.479 e. The summed E-state index contributed by atoms with van der Waals surface area (Å²) >= 11 is 3.15. The third kappa shape index (κ3) is 4.36. The average Bonchev–Trinajstić information content (AvgIpc) is 2.28. The molecule has 0 heterocycles. The molecule has 1 aromatic carbocycles. The van der Waals surface area contributed by atoms with Crippen LogP contribution in [0, 0.1) is 0 Å². The van der Waals surface area contributed by atoms with Crippen LogP contribution in [0.15, 0.2) is 27.6 Å². The number of benzene rings is 1. The molecular weight excluding hydrogens is 358 g/mol. The Morgan fingerprint density at radius 2 is 2.00 bits per heavy atom. The van der Waals surface area contributed by atoms with Crippen LogP contribution in [0.2, 0.25) is 0 Å². The van der Waals surface area contributed by atoms with Gasteiger partial charge in [-0.3, -0.25) is 4.79 Å². The molecule has 0 bridgehead atoms. The van der Waals surface area contributed by atoms with Crippen molar-refractivity contribution in [2.24, 2.45) is 0 Å². The van der Waals surface area contributed by atoms with E-state index in [-0.39, 0.29) is 16.6 Å². The molecule has 0 fully saturated rings. The minimum absolute atomic E-state index is 0.0425. The number of halogens is 2. The third-order valence-electron chi connectivity index (χ3n) is 2.26. The first kappa shape index (κ1) is 16.3. The molecule has 0 saturated heterocycles. The van der Waals surface area contributed by atoms with E-state index < -0.39 is 15.2 Å². The molecular formula is C11H13BrClNO4S. The Labute approximate surface area is 125 Å². The highest BCUT2D eigenvalue weighted by atomic mass is 79.9. The summed E-state index contributed by atoms with van der Waals surface area (Å²) in [7, 11) is 4.55. The van der Waals surface area contributed by atoms with E-state index >= 15 is 0 Å². The molecule has 0 aliphatic heterocycles. The molecule has 0 aromatic heterocycles. The smallest absolute Gasteiger partial charge is 0.265 e. The van der Waals surface area contributed by atoms with Crippen LogP contribution in [0.1, 0.15) is 6.92 Å². The van der Waals surface area contributed by atoms with Crippen molar-refractivity contribution >= 4 is 41.6 Å². The van der Waals surface area contributed by atoms with Crippen molar-refractivity contribution in [3.8, 4) is 5.75 Å². The van der Waals surface area contributed by atoms with E-state index in [9.17, 15) is 13.2 Å². The second-order valence-electron chi connectivity index (χ2n) is 4.02. The molecule has 5 nitrogen and oxygen atoms in total. The van der Waals surface area contributed by atoms with E-state index in [2.05, 4.69) is 15.9 Å². The number of rotatable bonds is 4. The predicted octanol–water partition coefficient (Wildman–Crippen LogP) is 2.23. The van der Waals surface area contributed by atoms with Gasteiger partial charge in [0.2, 0.25) is 0 Å². The molecule has 1 aromatic rings. The molecule has 1 rings (SSSR count). The first-order chi connectivity index (χ1) is 8.62. The summed E-state index contributed by atoms with van der Waals surface area (Å²) in [6.07, 6.45) is -0.812. The number of amides is 1. The summed E-state index contributed by atoms with van der Waals surface area (Å²) in [6.45, 7) is 1.54. The highest BCUT2D eigenvalue weighted by Gasteiger charge is 2.22. The lowest BCUT2D eigenvalue weighted by Crippen LogP contribution is -2.35. The monoisotopic (exact) mass is 369 g/mol. The van der Waals surface area contributed by atoms with Gasteiger partial charge in [0.25, 0.3) is 15.0 Å². The van der Waals surface area contributed by atoms with Gasteiger partial charge in [0.05, 0.1) is 0 Å². The maximum Gasteiger partial charge on any atom is 0.265 e. The van der Waals surface area contributed by atoms with Gasteiger partial charge in [-0.1, -0.05) is 15.9 Å². The Bertz CT molecular complexity index is 588. The molecule has 0 saturated carbocycles. The van der Waals surface area contributed by atoms with Gasteiger partial charge in [-0.05, 0) is 25.1 Å². The number of hydrogen-bond donors (Lipinski definition) is 0. The summed E-state index contributed by atoms with van der Waals surface area (Å²) in [5, 5.41) is 0. The van der Waals surface area contributed by atoms with E-state index in [0.717, 1.165) is 0 Å². The van der Waals surface area contributed by atoms with Gasteiger partial charge in [0.15, 0.2) is 6.10 Å². The van der Waals surface area contributed by atoms with Gasteiger partial charge in [0.1, 0.15) is 10.6 Å². The van der Waals surface area contributed by atoms with E-state index in [0.29, 0.717) is 4.47 Å². The van der Waals surface area contributed by atoms with Crippen LogP contribution in [0.3, 0.4) is 0 Å². The molecule has 19 heavy (non-hydrogen) atoms. The minimum atomic E-state index is -3.96. The van der Waals surface area contributed by atoms with Crippen molar-refractivity contribution in [1.29, 1.82) is 0 Å². The first-order valence-electron chi connectivity index (χ1n) is 5.25. The van der Waals surface area contributed by atoms with E-state index in [1.165, 1.54) is 24.0 Å². The average molecular weight is 371 g/mol. The molecule has 0 radical (unpaired) electrons. The van der Waals surface area contributed by atoms with Gasteiger partial charge >= 0.3 is 0 Å². The Balaban J connectivity index is 3.12. The zero-order valence-corrected chi connectivity index (χ0v) is 13.7. The van der Waals surface area contributed by atoms with Crippen molar-refractivity contribution in [2.75, 3.05) is 14.1 Å². The SMILES string of the molecule is CC(Oc1ccc(Br)cc1S(=O)(=O)Cl)C(=O)N(C)C. The van der Waals surface area contributed by atoms with Crippen LogP contribution >= 0.6 is 26.6 Å². The number of likely N-dealkylation sites (N-methyl/N-ethyl adjacent to an activating group) is 1. The first-order valence-corrected chi connectivity index (χ1v) is 8.35. The summed E-state index contributed by atoms with van der Waals surface area (Å²) in [6, 6.07) is 4.37. The molecule has 1 amide bonds. The second kappa shape index (κ2) is 6.11. The van der Waals surface area contributed by atoms with E-state index in [4.69, 9.17) is 15.4 Å². The van der Waals surface area contributed by atoms with Crippen molar-refractivity contribution in [3.05, 3.63) is 22.7 Å². The fourth-order valence-electron chi connectivity index (χ4n) is 1.37. The van der Waals surface area contributed by atoms with Crippen LogP contribution in [-0.2, 0) is 13.8 Å². The number of ether oxygens (including phenoxy) is 1. The Kier molecular flexibility index (Phi) is 5.23. The summed E-state index contributed by atoms with van der Waals surface area (Å²) in [4.78, 5) is 12.9. The Morgan fingerprint density at radius 1 is 1.42 bits per heavy atom. The lowest BCUT2D eigenvalue weighted by molar-refractivity contribution is -0.135. The van der Waals surface area contributed by atoms with Gasteiger partial charge < -0.3 is 9.64 Å².